The van der Waals surface area contributed by atoms with Gasteiger partial charge in [0, 0.05) is 0 Å². The summed E-state index contributed by atoms with van der Waals surface area (Å²) >= 11 is 0. The van der Waals surface area contributed by atoms with Crippen LogP contribution in [-0.4, -0.2) is 17.8 Å². The van der Waals surface area contributed by atoms with Crippen molar-refractivity contribution >= 4 is 0 Å². The quantitative estimate of drug-likeness (QED) is 0.865. The van der Waals surface area contributed by atoms with Crippen LogP contribution in [0.2, 0.25) is 0 Å². The second-order valence-corrected chi connectivity index (χ2v) is 7.07. The van der Waals surface area contributed by atoms with Gasteiger partial charge in [-0.3, -0.25) is 0 Å². The first-order chi connectivity index (χ1) is 9.99. The molecule has 1 fully saturated rings. The highest BCUT2D eigenvalue weighted by molar-refractivity contribution is 5.27. The molecule has 0 saturated heterocycles. The first kappa shape index (κ1) is 16.5. The van der Waals surface area contributed by atoms with Crippen LogP contribution in [0, 0.1) is 24.7 Å². The summed E-state index contributed by atoms with van der Waals surface area (Å²) in [6.45, 7) is 9.33. The first-order valence-corrected chi connectivity index (χ1v) is 8.34. The Labute approximate surface area is 129 Å². The Bertz CT molecular complexity index is 441. The molecule has 4 unspecified atom stereocenters. The van der Waals surface area contributed by atoms with Gasteiger partial charge in [0.1, 0.15) is 6.10 Å². The molecule has 0 radical (unpaired) electrons. The molecule has 2 rings (SSSR count). The standard InChI is InChI=1S/C19H30O2/c1-13(2)16-10-9-14(3)11-19(16)21-12-18(20)17-8-6-5-7-15(17)4/h5-8,13-14,16,18-20H,9-12H2,1-4H3. The molecular weight excluding hydrogens is 260 g/mol. The van der Waals surface area contributed by atoms with E-state index in [2.05, 4.69) is 20.8 Å². The number of rotatable bonds is 5. The Hall–Kier alpha value is -0.860. The summed E-state index contributed by atoms with van der Waals surface area (Å²) in [6.07, 6.45) is 3.47. The highest BCUT2D eigenvalue weighted by atomic mass is 16.5. The van der Waals surface area contributed by atoms with Crippen LogP contribution in [0.25, 0.3) is 0 Å². The number of ether oxygens (including phenoxy) is 1. The van der Waals surface area contributed by atoms with E-state index in [-0.39, 0.29) is 0 Å². The fourth-order valence-electron chi connectivity index (χ4n) is 3.57. The minimum Gasteiger partial charge on any atom is -0.386 e. The molecule has 1 aromatic rings. The van der Waals surface area contributed by atoms with Gasteiger partial charge >= 0.3 is 0 Å². The number of aliphatic hydroxyl groups is 1. The van der Waals surface area contributed by atoms with Crippen LogP contribution in [0.3, 0.4) is 0 Å². The van der Waals surface area contributed by atoms with Gasteiger partial charge in [-0.2, -0.15) is 0 Å². The van der Waals surface area contributed by atoms with E-state index >= 15 is 0 Å². The van der Waals surface area contributed by atoms with Crippen molar-refractivity contribution in [1.29, 1.82) is 0 Å². The molecule has 21 heavy (non-hydrogen) atoms. The van der Waals surface area contributed by atoms with Gasteiger partial charge in [-0.25, -0.2) is 0 Å². The minimum absolute atomic E-state index is 0.299. The molecule has 1 aliphatic carbocycles. The molecule has 0 spiro atoms. The summed E-state index contributed by atoms with van der Waals surface area (Å²) in [5.41, 5.74) is 2.12. The molecule has 2 nitrogen and oxygen atoms in total. The van der Waals surface area contributed by atoms with Gasteiger partial charge in [0.25, 0.3) is 0 Å². The van der Waals surface area contributed by atoms with Crippen molar-refractivity contribution in [3.05, 3.63) is 35.4 Å². The lowest BCUT2D eigenvalue weighted by atomic mass is 9.75. The van der Waals surface area contributed by atoms with Gasteiger partial charge in [0.2, 0.25) is 0 Å². The summed E-state index contributed by atoms with van der Waals surface area (Å²) in [5, 5.41) is 10.4. The van der Waals surface area contributed by atoms with Crippen LogP contribution in [0.1, 0.15) is 57.3 Å². The first-order valence-electron chi connectivity index (χ1n) is 8.34. The Morgan fingerprint density at radius 1 is 1.24 bits per heavy atom. The molecule has 2 heteroatoms. The maximum Gasteiger partial charge on any atom is 0.103 e. The third-order valence-electron chi connectivity index (χ3n) is 4.98. The van der Waals surface area contributed by atoms with Crippen molar-refractivity contribution in [3.63, 3.8) is 0 Å². The van der Waals surface area contributed by atoms with Crippen molar-refractivity contribution in [2.75, 3.05) is 6.61 Å². The Morgan fingerprint density at radius 3 is 2.62 bits per heavy atom. The van der Waals surface area contributed by atoms with Gasteiger partial charge in [-0.1, -0.05) is 51.5 Å². The zero-order valence-corrected chi connectivity index (χ0v) is 13.9. The SMILES string of the molecule is Cc1ccccc1C(O)COC1CC(C)CCC1C(C)C. The maximum atomic E-state index is 10.4. The second kappa shape index (κ2) is 7.42. The lowest BCUT2D eigenvalue weighted by Crippen LogP contribution is -2.35. The van der Waals surface area contributed by atoms with E-state index in [1.165, 1.54) is 12.8 Å². The molecule has 0 amide bonds. The van der Waals surface area contributed by atoms with Gasteiger partial charge in [0.15, 0.2) is 0 Å². The van der Waals surface area contributed by atoms with E-state index in [0.29, 0.717) is 24.5 Å². The van der Waals surface area contributed by atoms with Crippen LogP contribution >= 0.6 is 0 Å². The third-order valence-corrected chi connectivity index (χ3v) is 4.98. The van der Waals surface area contributed by atoms with Crippen LogP contribution < -0.4 is 0 Å². The van der Waals surface area contributed by atoms with E-state index < -0.39 is 6.10 Å². The zero-order chi connectivity index (χ0) is 15.4. The van der Waals surface area contributed by atoms with Crippen LogP contribution in [0.4, 0.5) is 0 Å². The maximum absolute atomic E-state index is 10.4. The number of aryl methyl sites for hydroxylation is 1. The number of hydrogen-bond acceptors (Lipinski definition) is 2. The summed E-state index contributed by atoms with van der Waals surface area (Å²) in [5.74, 6) is 2.02. The van der Waals surface area contributed by atoms with Crippen LogP contribution in [0.15, 0.2) is 24.3 Å². The molecular formula is C19H30O2. The smallest absolute Gasteiger partial charge is 0.103 e. The zero-order valence-electron chi connectivity index (χ0n) is 13.9. The number of aliphatic hydroxyl groups excluding tert-OH is 1. The van der Waals surface area contributed by atoms with Crippen LogP contribution in [-0.2, 0) is 4.74 Å². The molecule has 1 saturated carbocycles. The van der Waals surface area contributed by atoms with E-state index in [9.17, 15) is 5.11 Å². The van der Waals surface area contributed by atoms with E-state index in [0.717, 1.165) is 23.5 Å². The molecule has 4 atom stereocenters. The van der Waals surface area contributed by atoms with Crippen molar-refractivity contribution in [1.82, 2.24) is 0 Å². The largest absolute Gasteiger partial charge is 0.386 e. The minimum atomic E-state index is -0.517. The van der Waals surface area contributed by atoms with Crippen LogP contribution in [0.5, 0.6) is 0 Å². The molecule has 1 aromatic carbocycles. The fraction of sp³-hybridized carbons (Fsp3) is 0.684. The summed E-state index contributed by atoms with van der Waals surface area (Å²) in [4.78, 5) is 0. The normalized spacial score (nSPS) is 27.8. The average Bonchev–Trinajstić information content (AvgIpc) is 2.45. The Balaban J connectivity index is 1.95. The third kappa shape index (κ3) is 4.31. The van der Waals surface area contributed by atoms with Gasteiger partial charge < -0.3 is 9.84 Å². The average molecular weight is 290 g/mol. The molecule has 0 heterocycles. The number of hydrogen-bond donors (Lipinski definition) is 1. The predicted molar refractivity (Wildman–Crippen MR) is 87.2 cm³/mol. The van der Waals surface area contributed by atoms with E-state index in [4.69, 9.17) is 4.74 Å². The summed E-state index contributed by atoms with van der Waals surface area (Å²) in [7, 11) is 0. The molecule has 0 aliphatic heterocycles. The molecule has 0 bridgehead atoms. The van der Waals surface area contributed by atoms with Gasteiger partial charge in [-0.15, -0.1) is 0 Å². The van der Waals surface area contributed by atoms with Crippen molar-refractivity contribution in [3.8, 4) is 0 Å². The van der Waals surface area contributed by atoms with E-state index in [1.807, 2.05) is 31.2 Å². The number of benzene rings is 1. The fourth-order valence-corrected chi connectivity index (χ4v) is 3.57. The second-order valence-electron chi connectivity index (χ2n) is 7.07. The highest BCUT2D eigenvalue weighted by Gasteiger charge is 2.31. The lowest BCUT2D eigenvalue weighted by molar-refractivity contribution is -0.0698. The topological polar surface area (TPSA) is 29.5 Å². The lowest BCUT2D eigenvalue weighted by Gasteiger charge is -2.37. The molecule has 1 aliphatic rings. The highest BCUT2D eigenvalue weighted by Crippen LogP contribution is 2.35. The van der Waals surface area contributed by atoms with Gasteiger partial charge in [-0.05, 0) is 48.6 Å². The summed E-state index contributed by atoms with van der Waals surface area (Å²) in [6, 6.07) is 8.01. The predicted octanol–water partition coefficient (Wildman–Crippen LogP) is 4.51. The van der Waals surface area contributed by atoms with Crippen molar-refractivity contribution in [2.45, 2.75) is 59.2 Å². The Morgan fingerprint density at radius 2 is 1.95 bits per heavy atom. The monoisotopic (exact) mass is 290 g/mol. The molecule has 1 N–H and O–H groups in total. The summed E-state index contributed by atoms with van der Waals surface area (Å²) < 4.78 is 6.15. The Kier molecular flexibility index (Phi) is 5.83. The molecule has 118 valence electrons. The van der Waals surface area contributed by atoms with Gasteiger partial charge in [0.05, 0.1) is 12.7 Å². The van der Waals surface area contributed by atoms with Crippen molar-refractivity contribution in [2.24, 2.45) is 17.8 Å². The van der Waals surface area contributed by atoms with Crippen molar-refractivity contribution < 1.29 is 9.84 Å². The van der Waals surface area contributed by atoms with E-state index in [1.54, 1.807) is 0 Å². The molecule has 0 aromatic heterocycles.